The number of anilines is 1. The SMILES string of the molecule is CS(=O)(=O)Nc1ccc2cnn(CC(O)Cn3c4ccccc4c4ccccc43)c2c1. The van der Waals surface area contributed by atoms with Crippen molar-refractivity contribution in [2.75, 3.05) is 11.0 Å². The molecule has 0 spiro atoms. The van der Waals surface area contributed by atoms with Crippen LogP contribution in [0.25, 0.3) is 32.7 Å². The lowest BCUT2D eigenvalue weighted by atomic mass is 10.2. The zero-order valence-corrected chi connectivity index (χ0v) is 17.7. The average molecular weight is 435 g/mol. The Morgan fingerprint density at radius 1 is 0.935 bits per heavy atom. The molecule has 158 valence electrons. The molecule has 2 N–H and O–H groups in total. The van der Waals surface area contributed by atoms with Crippen molar-refractivity contribution in [2.45, 2.75) is 19.2 Å². The Morgan fingerprint density at radius 3 is 2.23 bits per heavy atom. The Morgan fingerprint density at radius 2 is 1.58 bits per heavy atom. The van der Waals surface area contributed by atoms with Gasteiger partial charge >= 0.3 is 0 Å². The maximum atomic E-state index is 11.6. The molecule has 0 amide bonds. The third-order valence-corrected chi connectivity index (χ3v) is 6.01. The molecule has 0 saturated carbocycles. The number of nitrogens with one attached hydrogen (secondary N) is 1. The molecule has 8 heteroatoms. The van der Waals surface area contributed by atoms with E-state index in [0.717, 1.165) is 39.0 Å². The van der Waals surface area contributed by atoms with Crippen LogP contribution in [0.4, 0.5) is 5.69 Å². The van der Waals surface area contributed by atoms with Crippen LogP contribution in [0.3, 0.4) is 0 Å². The van der Waals surface area contributed by atoms with Crippen molar-refractivity contribution < 1.29 is 13.5 Å². The van der Waals surface area contributed by atoms with Crippen LogP contribution in [0.2, 0.25) is 0 Å². The van der Waals surface area contributed by atoms with Gasteiger partial charge in [0.15, 0.2) is 0 Å². The molecule has 0 bridgehead atoms. The smallest absolute Gasteiger partial charge is 0.229 e. The Balaban J connectivity index is 1.46. The van der Waals surface area contributed by atoms with Gasteiger partial charge < -0.3 is 9.67 Å². The van der Waals surface area contributed by atoms with Gasteiger partial charge in [-0.05, 0) is 30.3 Å². The van der Waals surface area contributed by atoms with Crippen LogP contribution < -0.4 is 4.72 Å². The first kappa shape index (κ1) is 19.6. The second-order valence-electron chi connectivity index (χ2n) is 7.77. The molecule has 0 fully saturated rings. The Kier molecular flexibility index (Phi) is 4.68. The van der Waals surface area contributed by atoms with Crippen LogP contribution in [0, 0.1) is 0 Å². The Bertz CT molecular complexity index is 1470. The van der Waals surface area contributed by atoms with Crippen molar-refractivity contribution in [1.82, 2.24) is 14.3 Å². The average Bonchev–Trinajstić information content (AvgIpc) is 3.27. The predicted molar refractivity (Wildman–Crippen MR) is 124 cm³/mol. The standard InChI is InChI=1S/C23H22N4O3S/c1-31(29,30)25-17-11-10-16-13-24-27(23(16)12-17)15-18(28)14-26-21-8-4-2-6-19(21)20-7-3-5-9-22(20)26/h2-13,18,25,28H,14-15H2,1H3. The number of para-hydroxylation sites is 2. The Hall–Kier alpha value is -3.36. The van der Waals surface area contributed by atoms with Gasteiger partial charge in [0.2, 0.25) is 10.0 Å². The summed E-state index contributed by atoms with van der Waals surface area (Å²) in [7, 11) is -3.37. The van der Waals surface area contributed by atoms with E-state index in [2.05, 4.69) is 38.7 Å². The largest absolute Gasteiger partial charge is 0.389 e. The minimum atomic E-state index is -3.37. The number of aromatic nitrogens is 3. The molecule has 7 nitrogen and oxygen atoms in total. The zero-order chi connectivity index (χ0) is 21.6. The van der Waals surface area contributed by atoms with Gasteiger partial charge in [-0.1, -0.05) is 36.4 Å². The minimum absolute atomic E-state index is 0.284. The fourth-order valence-electron chi connectivity index (χ4n) is 4.16. The van der Waals surface area contributed by atoms with Gasteiger partial charge in [0.05, 0.1) is 42.9 Å². The molecule has 0 aliphatic heterocycles. The number of hydrogen-bond donors (Lipinski definition) is 2. The summed E-state index contributed by atoms with van der Waals surface area (Å²) in [6, 6.07) is 21.6. The summed E-state index contributed by atoms with van der Waals surface area (Å²) in [6.07, 6.45) is 2.14. The lowest BCUT2D eigenvalue weighted by Crippen LogP contribution is -2.22. The van der Waals surface area contributed by atoms with E-state index >= 15 is 0 Å². The monoisotopic (exact) mass is 434 g/mol. The summed E-state index contributed by atoms with van der Waals surface area (Å²) in [5.41, 5.74) is 3.38. The highest BCUT2D eigenvalue weighted by Gasteiger charge is 2.15. The molecular weight excluding hydrogens is 412 g/mol. The van der Waals surface area contributed by atoms with Crippen LogP contribution in [0.15, 0.2) is 72.9 Å². The fourth-order valence-corrected chi connectivity index (χ4v) is 4.72. The maximum Gasteiger partial charge on any atom is 0.229 e. The summed E-state index contributed by atoms with van der Waals surface area (Å²) in [6.45, 7) is 0.698. The third-order valence-electron chi connectivity index (χ3n) is 5.40. The van der Waals surface area contributed by atoms with E-state index in [1.165, 1.54) is 0 Å². The first-order chi connectivity index (χ1) is 14.9. The molecule has 2 aromatic heterocycles. The molecule has 0 aliphatic carbocycles. The number of benzene rings is 3. The zero-order valence-electron chi connectivity index (χ0n) is 16.9. The summed E-state index contributed by atoms with van der Waals surface area (Å²) < 4.78 is 29.4. The molecule has 2 heterocycles. The fraction of sp³-hybridized carbons (Fsp3) is 0.174. The lowest BCUT2D eigenvalue weighted by molar-refractivity contribution is 0.134. The first-order valence-electron chi connectivity index (χ1n) is 9.96. The van der Waals surface area contributed by atoms with Crippen molar-refractivity contribution in [3.8, 4) is 0 Å². The van der Waals surface area contributed by atoms with E-state index in [9.17, 15) is 13.5 Å². The van der Waals surface area contributed by atoms with Crippen molar-refractivity contribution in [2.24, 2.45) is 0 Å². The lowest BCUT2D eigenvalue weighted by Gasteiger charge is -2.15. The van der Waals surface area contributed by atoms with E-state index in [1.807, 2.05) is 30.3 Å². The molecule has 31 heavy (non-hydrogen) atoms. The molecule has 1 unspecified atom stereocenters. The van der Waals surface area contributed by atoms with Crippen molar-refractivity contribution in [1.29, 1.82) is 0 Å². The molecule has 1 atom stereocenters. The normalized spacial score (nSPS) is 13.2. The van der Waals surface area contributed by atoms with Crippen molar-refractivity contribution in [3.63, 3.8) is 0 Å². The number of hydrogen-bond acceptors (Lipinski definition) is 4. The summed E-state index contributed by atoms with van der Waals surface area (Å²) in [5.74, 6) is 0. The highest BCUT2D eigenvalue weighted by molar-refractivity contribution is 7.92. The van der Waals surface area contributed by atoms with Crippen LogP contribution in [-0.4, -0.2) is 40.2 Å². The van der Waals surface area contributed by atoms with Gasteiger partial charge in [0.1, 0.15) is 0 Å². The number of sulfonamides is 1. The van der Waals surface area contributed by atoms with Crippen molar-refractivity contribution >= 4 is 48.4 Å². The van der Waals surface area contributed by atoms with E-state index in [0.29, 0.717) is 12.2 Å². The molecule has 0 saturated heterocycles. The molecule has 3 aromatic carbocycles. The summed E-state index contributed by atoms with van der Waals surface area (Å²) in [5, 5.41) is 18.5. The van der Waals surface area contributed by atoms with Gasteiger partial charge in [0, 0.05) is 27.2 Å². The van der Waals surface area contributed by atoms with E-state index in [-0.39, 0.29) is 6.54 Å². The number of aliphatic hydroxyl groups excluding tert-OH is 1. The van der Waals surface area contributed by atoms with Gasteiger partial charge in [-0.3, -0.25) is 9.40 Å². The third kappa shape index (κ3) is 3.75. The molecule has 5 aromatic rings. The van der Waals surface area contributed by atoms with Gasteiger partial charge in [0.25, 0.3) is 0 Å². The van der Waals surface area contributed by atoms with E-state index < -0.39 is 16.1 Å². The second-order valence-corrected chi connectivity index (χ2v) is 9.52. The number of aliphatic hydroxyl groups is 1. The van der Waals surface area contributed by atoms with E-state index in [4.69, 9.17) is 0 Å². The summed E-state index contributed by atoms with van der Waals surface area (Å²) >= 11 is 0. The number of rotatable bonds is 6. The second kappa shape index (κ2) is 7.40. The van der Waals surface area contributed by atoms with E-state index in [1.54, 1.807) is 23.0 Å². The van der Waals surface area contributed by atoms with Gasteiger partial charge in [-0.15, -0.1) is 0 Å². The molecule has 0 radical (unpaired) electrons. The minimum Gasteiger partial charge on any atom is -0.389 e. The molecule has 0 aliphatic rings. The van der Waals surface area contributed by atoms with Crippen LogP contribution in [0.5, 0.6) is 0 Å². The quantitative estimate of drug-likeness (QED) is 0.428. The molecule has 5 rings (SSSR count). The highest BCUT2D eigenvalue weighted by atomic mass is 32.2. The Labute approximate surface area is 179 Å². The number of fused-ring (bicyclic) bond motifs is 4. The maximum absolute atomic E-state index is 11.6. The highest BCUT2D eigenvalue weighted by Crippen LogP contribution is 2.29. The first-order valence-corrected chi connectivity index (χ1v) is 11.9. The molecular formula is C23H22N4O3S. The van der Waals surface area contributed by atoms with Crippen molar-refractivity contribution in [3.05, 3.63) is 72.9 Å². The van der Waals surface area contributed by atoms with Crippen LogP contribution >= 0.6 is 0 Å². The van der Waals surface area contributed by atoms with Gasteiger partial charge in [-0.25, -0.2) is 8.42 Å². The van der Waals surface area contributed by atoms with Crippen LogP contribution in [0.1, 0.15) is 0 Å². The summed E-state index contributed by atoms with van der Waals surface area (Å²) in [4.78, 5) is 0. The topological polar surface area (TPSA) is 89.2 Å². The van der Waals surface area contributed by atoms with Gasteiger partial charge in [-0.2, -0.15) is 5.10 Å². The number of nitrogens with zero attached hydrogens (tertiary/aromatic N) is 3. The van der Waals surface area contributed by atoms with Crippen LogP contribution in [-0.2, 0) is 23.1 Å². The predicted octanol–water partition coefficient (Wildman–Crippen LogP) is 3.58.